The highest BCUT2D eigenvalue weighted by Crippen LogP contribution is 2.29. The minimum Gasteiger partial charge on any atom is -0.371 e. The second kappa shape index (κ2) is 8.55. The van der Waals surface area contributed by atoms with Crippen molar-refractivity contribution in [1.29, 1.82) is 0 Å². The largest absolute Gasteiger partial charge is 0.416 e. The number of hydrogen-bond acceptors (Lipinski definition) is 3. The zero-order valence-electron chi connectivity index (χ0n) is 12.2. The van der Waals surface area contributed by atoms with Gasteiger partial charge in [-0.15, -0.1) is 0 Å². The molecule has 0 spiro atoms. The molecule has 0 radical (unpaired) electrons. The van der Waals surface area contributed by atoms with Crippen molar-refractivity contribution in [3.63, 3.8) is 0 Å². The molecule has 1 aromatic rings. The van der Waals surface area contributed by atoms with Gasteiger partial charge in [0.15, 0.2) is 0 Å². The maximum absolute atomic E-state index is 12.7. The Labute approximate surface area is 127 Å². The van der Waals surface area contributed by atoms with E-state index >= 15 is 0 Å². The monoisotopic (exact) mass is 316 g/mol. The van der Waals surface area contributed by atoms with E-state index in [-0.39, 0.29) is 12.3 Å². The van der Waals surface area contributed by atoms with Gasteiger partial charge in [-0.2, -0.15) is 13.2 Å². The molecule has 0 heterocycles. The van der Waals surface area contributed by atoms with Crippen molar-refractivity contribution in [2.24, 2.45) is 5.73 Å². The average Bonchev–Trinajstić information content (AvgIpc) is 2.48. The van der Waals surface area contributed by atoms with Crippen molar-refractivity contribution < 1.29 is 22.7 Å². The van der Waals surface area contributed by atoms with Crippen molar-refractivity contribution in [3.8, 4) is 0 Å². The number of carbonyl (C=O) groups excluding carboxylic acids is 1. The molecule has 0 aliphatic carbocycles. The predicted octanol–water partition coefficient (Wildman–Crippen LogP) is 1.89. The number of hydrogen-bond donors (Lipinski definition) is 2. The van der Waals surface area contributed by atoms with Gasteiger partial charge >= 0.3 is 6.18 Å². The van der Waals surface area contributed by atoms with Gasteiger partial charge in [0.1, 0.15) is 6.10 Å². The normalized spacial score (nSPS) is 13.3. The summed E-state index contributed by atoms with van der Waals surface area (Å²) in [5, 5.41) is 2.61. The predicted molar refractivity (Wildman–Crippen MR) is 77.1 cm³/mol. The highest BCUT2D eigenvalue weighted by Gasteiger charge is 2.30. The first-order valence-corrected chi connectivity index (χ1v) is 6.70. The first kappa shape index (κ1) is 18.2. The summed E-state index contributed by atoms with van der Waals surface area (Å²) >= 11 is 0. The Morgan fingerprint density at radius 3 is 2.73 bits per heavy atom. The lowest BCUT2D eigenvalue weighted by Gasteiger charge is -2.15. The molecule has 0 saturated heterocycles. The number of carbonyl (C=O) groups is 1. The van der Waals surface area contributed by atoms with Crippen LogP contribution in [0.15, 0.2) is 36.4 Å². The first-order valence-electron chi connectivity index (χ1n) is 6.70. The first-order chi connectivity index (χ1) is 10.4. The molecule has 1 atom stereocenters. The van der Waals surface area contributed by atoms with Gasteiger partial charge in [0.25, 0.3) is 0 Å². The van der Waals surface area contributed by atoms with E-state index in [1.165, 1.54) is 19.2 Å². The maximum atomic E-state index is 12.7. The van der Waals surface area contributed by atoms with Crippen LogP contribution < -0.4 is 11.1 Å². The minimum atomic E-state index is -4.41. The molecule has 0 saturated carbocycles. The zero-order valence-corrected chi connectivity index (χ0v) is 12.2. The standard InChI is InChI=1S/C15H19F3N2O2/c1-22-13(14(21)20-8-3-2-7-19)10-11-5-4-6-12(9-11)15(16,17)18/h2-6,9,13H,7-8,10,19H2,1H3,(H,20,21)/b3-2+/t13-/m0/s1. The summed E-state index contributed by atoms with van der Waals surface area (Å²) in [4.78, 5) is 11.9. The van der Waals surface area contributed by atoms with Crippen LogP contribution >= 0.6 is 0 Å². The number of rotatable bonds is 7. The van der Waals surface area contributed by atoms with E-state index in [0.717, 1.165) is 12.1 Å². The van der Waals surface area contributed by atoms with Crippen LogP contribution in [0.2, 0.25) is 0 Å². The van der Waals surface area contributed by atoms with E-state index in [4.69, 9.17) is 10.5 Å². The van der Waals surface area contributed by atoms with Crippen molar-refractivity contribution in [1.82, 2.24) is 5.32 Å². The van der Waals surface area contributed by atoms with Gasteiger partial charge in [-0.1, -0.05) is 30.4 Å². The Hall–Kier alpha value is -1.86. The van der Waals surface area contributed by atoms with Crippen LogP contribution in [0, 0.1) is 0 Å². The summed E-state index contributed by atoms with van der Waals surface area (Å²) < 4.78 is 43.0. The van der Waals surface area contributed by atoms with Crippen LogP contribution in [0.1, 0.15) is 11.1 Å². The molecular weight excluding hydrogens is 297 g/mol. The van der Waals surface area contributed by atoms with Gasteiger partial charge in [0.2, 0.25) is 5.91 Å². The Balaban J connectivity index is 2.69. The zero-order chi connectivity index (χ0) is 16.6. The molecule has 122 valence electrons. The average molecular weight is 316 g/mol. The van der Waals surface area contributed by atoms with Crippen molar-refractivity contribution >= 4 is 5.91 Å². The second-order valence-corrected chi connectivity index (χ2v) is 4.58. The smallest absolute Gasteiger partial charge is 0.371 e. The number of nitrogens with two attached hydrogens (primary N) is 1. The Morgan fingerprint density at radius 2 is 2.14 bits per heavy atom. The molecule has 4 nitrogen and oxygen atoms in total. The molecule has 7 heteroatoms. The Morgan fingerprint density at radius 1 is 1.41 bits per heavy atom. The van der Waals surface area contributed by atoms with Gasteiger partial charge in [-0.3, -0.25) is 4.79 Å². The van der Waals surface area contributed by atoms with E-state index in [9.17, 15) is 18.0 Å². The van der Waals surface area contributed by atoms with Gasteiger partial charge in [-0.25, -0.2) is 0 Å². The number of alkyl halides is 3. The second-order valence-electron chi connectivity index (χ2n) is 4.58. The molecular formula is C15H19F3N2O2. The van der Waals surface area contributed by atoms with E-state index in [0.29, 0.717) is 18.7 Å². The van der Waals surface area contributed by atoms with Crippen LogP contribution in [0.3, 0.4) is 0 Å². The number of ether oxygens (including phenoxy) is 1. The summed E-state index contributed by atoms with van der Waals surface area (Å²) in [7, 11) is 1.34. The summed E-state index contributed by atoms with van der Waals surface area (Å²) in [5.74, 6) is -0.387. The number of nitrogens with one attached hydrogen (secondary N) is 1. The maximum Gasteiger partial charge on any atom is 0.416 e. The van der Waals surface area contributed by atoms with Gasteiger partial charge < -0.3 is 15.8 Å². The van der Waals surface area contributed by atoms with Crippen molar-refractivity contribution in [3.05, 3.63) is 47.5 Å². The fourth-order valence-electron chi connectivity index (χ4n) is 1.82. The molecule has 3 N–H and O–H groups in total. The van der Waals surface area contributed by atoms with Crippen molar-refractivity contribution in [2.75, 3.05) is 20.2 Å². The molecule has 0 aliphatic heterocycles. The number of benzene rings is 1. The number of amides is 1. The van der Waals surface area contributed by atoms with Crippen LogP contribution in [0.5, 0.6) is 0 Å². The fraction of sp³-hybridized carbons (Fsp3) is 0.400. The lowest BCUT2D eigenvalue weighted by atomic mass is 10.0. The van der Waals surface area contributed by atoms with Crippen LogP contribution in [0.25, 0.3) is 0 Å². The third kappa shape index (κ3) is 5.87. The summed E-state index contributed by atoms with van der Waals surface area (Å²) in [5.41, 5.74) is 4.91. The highest BCUT2D eigenvalue weighted by atomic mass is 19.4. The van der Waals surface area contributed by atoms with Gasteiger partial charge in [-0.05, 0) is 11.6 Å². The quantitative estimate of drug-likeness (QED) is 0.755. The summed E-state index contributed by atoms with van der Waals surface area (Å²) in [6, 6.07) is 4.85. The molecule has 1 aromatic carbocycles. The number of methoxy groups -OCH3 is 1. The van der Waals surface area contributed by atoms with E-state index in [1.807, 2.05) is 0 Å². The lowest BCUT2D eigenvalue weighted by molar-refractivity contribution is -0.137. The molecule has 0 bridgehead atoms. The van der Waals surface area contributed by atoms with Crippen molar-refractivity contribution in [2.45, 2.75) is 18.7 Å². The SMILES string of the molecule is CO[C@@H](Cc1cccc(C(F)(F)F)c1)C(=O)NC/C=C/CN. The molecule has 0 fully saturated rings. The topological polar surface area (TPSA) is 64.3 Å². The Bertz CT molecular complexity index is 516. The van der Waals surface area contributed by atoms with Crippen LogP contribution in [0.4, 0.5) is 13.2 Å². The van der Waals surface area contributed by atoms with Crippen LogP contribution in [-0.4, -0.2) is 32.2 Å². The highest BCUT2D eigenvalue weighted by molar-refractivity contribution is 5.81. The van der Waals surface area contributed by atoms with Gasteiger partial charge in [0, 0.05) is 26.6 Å². The molecule has 0 aliphatic rings. The summed E-state index contributed by atoms with van der Waals surface area (Å²) in [6.45, 7) is 0.659. The van der Waals surface area contributed by atoms with E-state index in [2.05, 4.69) is 5.32 Å². The van der Waals surface area contributed by atoms with E-state index in [1.54, 1.807) is 12.2 Å². The Kier molecular flexibility index (Phi) is 7.07. The molecule has 0 unspecified atom stereocenters. The van der Waals surface area contributed by atoms with Gasteiger partial charge in [0.05, 0.1) is 5.56 Å². The summed E-state index contributed by atoms with van der Waals surface area (Å²) in [6.07, 6.45) is -1.82. The molecule has 0 aromatic heterocycles. The third-order valence-electron chi connectivity index (χ3n) is 2.95. The molecule has 22 heavy (non-hydrogen) atoms. The number of halogens is 3. The molecule has 1 rings (SSSR count). The third-order valence-corrected chi connectivity index (χ3v) is 2.95. The lowest BCUT2D eigenvalue weighted by Crippen LogP contribution is -2.37. The van der Waals surface area contributed by atoms with E-state index < -0.39 is 17.8 Å². The fourth-order valence-corrected chi connectivity index (χ4v) is 1.82. The molecule has 1 amide bonds. The van der Waals surface area contributed by atoms with Crippen LogP contribution in [-0.2, 0) is 22.1 Å². The minimum absolute atomic E-state index is 0.0624.